The van der Waals surface area contributed by atoms with E-state index in [1.807, 2.05) is 6.07 Å². The Morgan fingerprint density at radius 3 is 2.75 bits per heavy atom. The average molecular weight is 293 g/mol. The molecule has 3 unspecified atom stereocenters. The van der Waals surface area contributed by atoms with Crippen LogP contribution < -0.4 is 5.32 Å². The maximum atomic E-state index is 12.8. The summed E-state index contributed by atoms with van der Waals surface area (Å²) in [4.78, 5) is 1.01. The maximum Gasteiger partial charge on any atom is 0.0561 e. The zero-order chi connectivity index (χ0) is 14.5. The van der Waals surface area contributed by atoms with Crippen molar-refractivity contribution >= 4 is 10.8 Å². The van der Waals surface area contributed by atoms with Gasteiger partial charge in [-0.05, 0) is 69.3 Å². The topological polar surface area (TPSA) is 29.1 Å². The van der Waals surface area contributed by atoms with Crippen LogP contribution in [0.3, 0.4) is 0 Å². The highest BCUT2D eigenvalue weighted by Gasteiger charge is 2.26. The van der Waals surface area contributed by atoms with Crippen molar-refractivity contribution in [2.24, 2.45) is 0 Å². The summed E-state index contributed by atoms with van der Waals surface area (Å²) in [7, 11) is -0.855. The fraction of sp³-hybridized carbons (Fsp3) is 0.647. The van der Waals surface area contributed by atoms with Crippen LogP contribution in [-0.2, 0) is 10.8 Å². The molecular formula is C17H27NOS. The molecule has 2 rings (SSSR count). The van der Waals surface area contributed by atoms with Gasteiger partial charge < -0.3 is 5.32 Å². The second-order valence-electron chi connectivity index (χ2n) is 5.98. The lowest BCUT2D eigenvalue weighted by Crippen LogP contribution is -2.37. The first kappa shape index (κ1) is 15.7. The second kappa shape index (κ2) is 7.37. The molecule has 0 bridgehead atoms. The molecule has 1 N–H and O–H groups in total. The highest BCUT2D eigenvalue weighted by Crippen LogP contribution is 2.27. The zero-order valence-corrected chi connectivity index (χ0v) is 13.8. The van der Waals surface area contributed by atoms with E-state index in [2.05, 4.69) is 38.2 Å². The van der Waals surface area contributed by atoms with Crippen LogP contribution in [0, 0.1) is 13.8 Å². The third kappa shape index (κ3) is 3.92. The Labute approximate surface area is 125 Å². The standard InChI is InChI=1S/C17H27NOS/c1-4-10-18-15-6-5-7-16(12-15)20(19)17-9-8-13(2)14(3)11-17/h8-9,11,15-16,18H,4-7,10,12H2,1-3H3. The molecule has 0 radical (unpaired) electrons. The van der Waals surface area contributed by atoms with Gasteiger partial charge in [-0.1, -0.05) is 19.4 Å². The molecule has 0 aromatic heterocycles. The maximum absolute atomic E-state index is 12.8. The highest BCUT2D eigenvalue weighted by molar-refractivity contribution is 7.85. The molecule has 3 heteroatoms. The molecule has 20 heavy (non-hydrogen) atoms. The lowest BCUT2D eigenvalue weighted by molar-refractivity contribution is 0.378. The van der Waals surface area contributed by atoms with Crippen molar-refractivity contribution in [3.05, 3.63) is 29.3 Å². The Morgan fingerprint density at radius 1 is 1.25 bits per heavy atom. The summed E-state index contributed by atoms with van der Waals surface area (Å²) in [5.41, 5.74) is 2.52. The molecule has 0 saturated heterocycles. The number of hydrogen-bond acceptors (Lipinski definition) is 2. The number of nitrogens with one attached hydrogen (secondary N) is 1. The molecule has 112 valence electrons. The molecule has 1 aliphatic carbocycles. The normalized spacial score (nSPS) is 24.6. The molecule has 0 aliphatic heterocycles. The molecule has 0 amide bonds. The van der Waals surface area contributed by atoms with E-state index in [1.54, 1.807) is 0 Å². The molecule has 2 nitrogen and oxygen atoms in total. The van der Waals surface area contributed by atoms with Crippen LogP contribution in [0.4, 0.5) is 0 Å². The largest absolute Gasteiger partial charge is 0.314 e. The summed E-state index contributed by atoms with van der Waals surface area (Å²) in [5, 5.41) is 3.91. The summed E-state index contributed by atoms with van der Waals surface area (Å²) >= 11 is 0. The lowest BCUT2D eigenvalue weighted by Gasteiger charge is -2.29. The summed E-state index contributed by atoms with van der Waals surface area (Å²) in [6.45, 7) is 7.48. The number of rotatable bonds is 5. The smallest absolute Gasteiger partial charge is 0.0561 e. The predicted molar refractivity (Wildman–Crippen MR) is 86.7 cm³/mol. The van der Waals surface area contributed by atoms with E-state index in [4.69, 9.17) is 0 Å². The monoisotopic (exact) mass is 293 g/mol. The first-order chi connectivity index (χ1) is 9.61. The van der Waals surface area contributed by atoms with E-state index in [-0.39, 0.29) is 0 Å². The minimum atomic E-state index is -0.855. The van der Waals surface area contributed by atoms with Crippen molar-refractivity contribution in [1.82, 2.24) is 5.32 Å². The lowest BCUT2D eigenvalue weighted by atomic mass is 9.95. The van der Waals surface area contributed by atoms with Crippen molar-refractivity contribution in [1.29, 1.82) is 0 Å². The van der Waals surface area contributed by atoms with Crippen LogP contribution in [0.25, 0.3) is 0 Å². The Balaban J connectivity index is 2.02. The van der Waals surface area contributed by atoms with Gasteiger partial charge in [-0.15, -0.1) is 0 Å². The zero-order valence-electron chi connectivity index (χ0n) is 12.9. The predicted octanol–water partition coefficient (Wildman–Crippen LogP) is 3.72. The van der Waals surface area contributed by atoms with Gasteiger partial charge >= 0.3 is 0 Å². The molecular weight excluding hydrogens is 266 g/mol. The van der Waals surface area contributed by atoms with Crippen LogP contribution in [0.2, 0.25) is 0 Å². The van der Waals surface area contributed by atoms with Crippen LogP contribution in [0.15, 0.2) is 23.1 Å². The second-order valence-corrected chi connectivity index (χ2v) is 7.72. The first-order valence-electron chi connectivity index (χ1n) is 7.83. The molecule has 1 aliphatic rings. The van der Waals surface area contributed by atoms with Crippen molar-refractivity contribution < 1.29 is 4.21 Å². The Morgan fingerprint density at radius 2 is 2.05 bits per heavy atom. The van der Waals surface area contributed by atoms with Crippen LogP contribution in [0.5, 0.6) is 0 Å². The minimum absolute atomic E-state index is 0.320. The summed E-state index contributed by atoms with van der Waals surface area (Å²) < 4.78 is 12.8. The van der Waals surface area contributed by atoms with Crippen LogP contribution in [-0.4, -0.2) is 22.0 Å². The summed E-state index contributed by atoms with van der Waals surface area (Å²) in [5.74, 6) is 0. The summed E-state index contributed by atoms with van der Waals surface area (Å²) in [6.07, 6.45) is 5.76. The van der Waals surface area contributed by atoms with Gasteiger partial charge in [0.1, 0.15) is 0 Å². The molecule has 0 spiro atoms. The van der Waals surface area contributed by atoms with Crippen molar-refractivity contribution in [2.45, 2.75) is 69.1 Å². The van der Waals surface area contributed by atoms with Gasteiger partial charge in [0.15, 0.2) is 0 Å². The van der Waals surface area contributed by atoms with Gasteiger partial charge in [-0.2, -0.15) is 0 Å². The number of benzene rings is 1. The summed E-state index contributed by atoms with van der Waals surface area (Å²) in [6, 6.07) is 6.80. The first-order valence-corrected chi connectivity index (χ1v) is 9.04. The minimum Gasteiger partial charge on any atom is -0.314 e. The van der Waals surface area contributed by atoms with Gasteiger partial charge in [0.2, 0.25) is 0 Å². The Bertz CT molecular complexity index is 472. The van der Waals surface area contributed by atoms with Crippen molar-refractivity contribution in [3.63, 3.8) is 0 Å². The Hall–Kier alpha value is -0.670. The van der Waals surface area contributed by atoms with E-state index in [9.17, 15) is 4.21 Å². The van der Waals surface area contributed by atoms with E-state index in [1.165, 1.54) is 30.4 Å². The average Bonchev–Trinajstić information content (AvgIpc) is 2.47. The van der Waals surface area contributed by atoms with Gasteiger partial charge in [0.05, 0.1) is 10.8 Å². The molecule has 1 saturated carbocycles. The fourth-order valence-electron chi connectivity index (χ4n) is 2.90. The van der Waals surface area contributed by atoms with Crippen LogP contribution in [0.1, 0.15) is 50.2 Å². The van der Waals surface area contributed by atoms with E-state index in [0.717, 1.165) is 24.3 Å². The van der Waals surface area contributed by atoms with E-state index >= 15 is 0 Å². The molecule has 1 aromatic rings. The van der Waals surface area contributed by atoms with E-state index in [0.29, 0.717) is 11.3 Å². The third-order valence-electron chi connectivity index (χ3n) is 4.32. The Kier molecular flexibility index (Phi) is 5.79. The fourth-order valence-corrected chi connectivity index (χ4v) is 4.57. The number of hydrogen-bond donors (Lipinski definition) is 1. The quantitative estimate of drug-likeness (QED) is 0.896. The van der Waals surface area contributed by atoms with Gasteiger partial charge in [-0.3, -0.25) is 4.21 Å². The van der Waals surface area contributed by atoms with Gasteiger partial charge in [0.25, 0.3) is 0 Å². The SMILES string of the molecule is CCCNC1CCCC(S(=O)c2ccc(C)c(C)c2)C1. The van der Waals surface area contributed by atoms with Crippen molar-refractivity contribution in [3.8, 4) is 0 Å². The molecule has 1 aromatic carbocycles. The highest BCUT2D eigenvalue weighted by atomic mass is 32.2. The molecule has 3 atom stereocenters. The van der Waals surface area contributed by atoms with Gasteiger partial charge in [-0.25, -0.2) is 0 Å². The van der Waals surface area contributed by atoms with Crippen LogP contribution >= 0.6 is 0 Å². The molecule has 1 fully saturated rings. The molecule has 0 heterocycles. The third-order valence-corrected chi connectivity index (χ3v) is 6.07. The number of aryl methyl sites for hydroxylation is 2. The van der Waals surface area contributed by atoms with Gasteiger partial charge in [0, 0.05) is 16.2 Å². The van der Waals surface area contributed by atoms with Crippen molar-refractivity contribution in [2.75, 3.05) is 6.54 Å². The van der Waals surface area contributed by atoms with E-state index < -0.39 is 10.8 Å².